The summed E-state index contributed by atoms with van der Waals surface area (Å²) in [6, 6.07) is 0.367. The van der Waals surface area contributed by atoms with Crippen LogP contribution in [0.3, 0.4) is 0 Å². The normalized spacial score (nSPS) is 19.1. The molecule has 0 aromatic carbocycles. The Labute approximate surface area is 136 Å². The van der Waals surface area contributed by atoms with E-state index in [0.29, 0.717) is 17.9 Å². The number of nitrogens with one attached hydrogen (secondary N) is 4. The Bertz CT molecular complexity index is 303. The Morgan fingerprint density at radius 2 is 1.91 bits per heavy atom. The summed E-state index contributed by atoms with van der Waals surface area (Å²) in [5, 5.41) is 13.2. The summed E-state index contributed by atoms with van der Waals surface area (Å²) in [5.74, 6) is 1.44. The molecule has 0 aromatic heterocycles. The van der Waals surface area contributed by atoms with Crippen molar-refractivity contribution in [2.24, 2.45) is 11.8 Å². The molecule has 1 rings (SSSR count). The maximum Gasteiger partial charge on any atom is 0.236 e. The van der Waals surface area contributed by atoms with Gasteiger partial charge in [0.1, 0.15) is 0 Å². The molecule has 130 valence electrons. The summed E-state index contributed by atoms with van der Waals surface area (Å²) in [4.78, 5) is 12.2. The van der Waals surface area contributed by atoms with Gasteiger partial charge in [0.05, 0.1) is 6.04 Å². The van der Waals surface area contributed by atoms with Gasteiger partial charge in [-0.05, 0) is 57.2 Å². The summed E-state index contributed by atoms with van der Waals surface area (Å²) >= 11 is 0. The number of likely N-dealkylation sites (N-methyl/N-ethyl adjacent to an activating group) is 2. The average Bonchev–Trinajstić information content (AvgIpc) is 2.51. The summed E-state index contributed by atoms with van der Waals surface area (Å²) in [6.45, 7) is 10.6. The maximum absolute atomic E-state index is 12.2. The third-order valence-corrected chi connectivity index (χ3v) is 4.45. The van der Waals surface area contributed by atoms with E-state index >= 15 is 0 Å². The van der Waals surface area contributed by atoms with E-state index in [4.69, 9.17) is 0 Å². The Hall–Kier alpha value is -0.650. The lowest BCUT2D eigenvalue weighted by Crippen LogP contribution is -2.50. The fourth-order valence-corrected chi connectivity index (χ4v) is 3.29. The molecule has 0 saturated carbocycles. The van der Waals surface area contributed by atoms with Crippen LogP contribution in [0.1, 0.15) is 46.5 Å². The van der Waals surface area contributed by atoms with Crippen molar-refractivity contribution in [3.05, 3.63) is 0 Å². The van der Waals surface area contributed by atoms with E-state index in [1.54, 1.807) is 7.05 Å². The second-order valence-electron chi connectivity index (χ2n) is 6.89. The molecule has 0 radical (unpaired) electrons. The minimum Gasteiger partial charge on any atom is -0.358 e. The number of carbonyl (C=O) groups is 1. The van der Waals surface area contributed by atoms with Gasteiger partial charge in [0, 0.05) is 19.6 Å². The summed E-state index contributed by atoms with van der Waals surface area (Å²) in [7, 11) is 1.73. The molecule has 0 bridgehead atoms. The van der Waals surface area contributed by atoms with Crippen molar-refractivity contribution in [2.45, 2.75) is 58.5 Å². The molecule has 1 fully saturated rings. The van der Waals surface area contributed by atoms with Gasteiger partial charge < -0.3 is 21.3 Å². The van der Waals surface area contributed by atoms with Crippen molar-refractivity contribution in [1.29, 1.82) is 0 Å². The van der Waals surface area contributed by atoms with E-state index in [0.717, 1.165) is 39.0 Å². The van der Waals surface area contributed by atoms with Crippen molar-refractivity contribution in [2.75, 3.05) is 33.2 Å². The summed E-state index contributed by atoms with van der Waals surface area (Å²) in [5.41, 5.74) is 0. The lowest BCUT2D eigenvalue weighted by atomic mass is 9.90. The average molecular weight is 313 g/mol. The van der Waals surface area contributed by atoms with Crippen LogP contribution in [0.4, 0.5) is 0 Å². The highest BCUT2D eigenvalue weighted by molar-refractivity contribution is 5.81. The van der Waals surface area contributed by atoms with E-state index in [9.17, 15) is 4.79 Å². The van der Waals surface area contributed by atoms with Crippen molar-refractivity contribution >= 4 is 5.91 Å². The van der Waals surface area contributed by atoms with Gasteiger partial charge in [-0.25, -0.2) is 0 Å². The van der Waals surface area contributed by atoms with Crippen LogP contribution < -0.4 is 21.3 Å². The standard InChI is InChI=1S/C17H36N4O/c1-5-20-15(10-13(2)3)12-21-16(17(22)18-4)11-14-6-8-19-9-7-14/h13-16,19-21H,5-12H2,1-4H3,(H,18,22). The van der Waals surface area contributed by atoms with E-state index in [1.165, 1.54) is 12.8 Å². The molecule has 22 heavy (non-hydrogen) atoms. The highest BCUT2D eigenvalue weighted by Crippen LogP contribution is 2.18. The summed E-state index contributed by atoms with van der Waals surface area (Å²) in [6.07, 6.45) is 4.44. The highest BCUT2D eigenvalue weighted by atomic mass is 16.2. The molecule has 1 saturated heterocycles. The van der Waals surface area contributed by atoms with Crippen molar-refractivity contribution < 1.29 is 4.79 Å². The number of carbonyl (C=O) groups excluding carboxylic acids is 1. The van der Waals surface area contributed by atoms with Gasteiger partial charge >= 0.3 is 0 Å². The van der Waals surface area contributed by atoms with Gasteiger partial charge in [-0.1, -0.05) is 20.8 Å². The monoisotopic (exact) mass is 312 g/mol. The van der Waals surface area contributed by atoms with Crippen molar-refractivity contribution in [1.82, 2.24) is 21.3 Å². The van der Waals surface area contributed by atoms with E-state index in [-0.39, 0.29) is 11.9 Å². The minimum atomic E-state index is -0.0681. The molecule has 2 atom stereocenters. The zero-order chi connectivity index (χ0) is 16.4. The molecule has 1 heterocycles. The second kappa shape index (κ2) is 11.0. The first-order valence-corrected chi connectivity index (χ1v) is 8.95. The van der Waals surface area contributed by atoms with E-state index < -0.39 is 0 Å². The van der Waals surface area contributed by atoms with Gasteiger partial charge in [-0.2, -0.15) is 0 Å². The van der Waals surface area contributed by atoms with Gasteiger partial charge in [-0.3, -0.25) is 4.79 Å². The van der Waals surface area contributed by atoms with Gasteiger partial charge in [0.2, 0.25) is 5.91 Å². The van der Waals surface area contributed by atoms with E-state index in [1.807, 2.05) is 0 Å². The Kier molecular flexibility index (Phi) is 9.68. The number of amides is 1. The summed E-state index contributed by atoms with van der Waals surface area (Å²) < 4.78 is 0. The van der Waals surface area contributed by atoms with E-state index in [2.05, 4.69) is 42.0 Å². The predicted octanol–water partition coefficient (Wildman–Crippen LogP) is 1.10. The molecule has 1 amide bonds. The Morgan fingerprint density at radius 1 is 1.23 bits per heavy atom. The van der Waals surface area contributed by atoms with Crippen LogP contribution in [-0.2, 0) is 4.79 Å². The van der Waals surface area contributed by atoms with Crippen LogP contribution in [0.15, 0.2) is 0 Å². The topological polar surface area (TPSA) is 65.2 Å². The molecule has 0 aromatic rings. The lowest BCUT2D eigenvalue weighted by molar-refractivity contribution is -0.123. The van der Waals surface area contributed by atoms with Crippen LogP contribution in [0, 0.1) is 11.8 Å². The highest BCUT2D eigenvalue weighted by Gasteiger charge is 2.24. The number of hydrogen-bond donors (Lipinski definition) is 4. The lowest BCUT2D eigenvalue weighted by Gasteiger charge is -2.28. The van der Waals surface area contributed by atoms with Gasteiger partial charge in [0.25, 0.3) is 0 Å². The fourth-order valence-electron chi connectivity index (χ4n) is 3.29. The number of hydrogen-bond acceptors (Lipinski definition) is 4. The fraction of sp³-hybridized carbons (Fsp3) is 0.941. The number of piperidine rings is 1. The largest absolute Gasteiger partial charge is 0.358 e. The quantitative estimate of drug-likeness (QED) is 0.488. The third kappa shape index (κ3) is 7.56. The first-order valence-electron chi connectivity index (χ1n) is 8.95. The predicted molar refractivity (Wildman–Crippen MR) is 93.0 cm³/mol. The van der Waals surface area contributed by atoms with Gasteiger partial charge in [-0.15, -0.1) is 0 Å². The minimum absolute atomic E-state index is 0.0681. The molecule has 0 spiro atoms. The van der Waals surface area contributed by atoms with Crippen LogP contribution in [-0.4, -0.2) is 51.2 Å². The molecule has 4 N–H and O–H groups in total. The maximum atomic E-state index is 12.2. The first-order chi connectivity index (χ1) is 10.6. The molecular formula is C17H36N4O. The van der Waals surface area contributed by atoms with Crippen LogP contribution in [0.2, 0.25) is 0 Å². The van der Waals surface area contributed by atoms with Crippen LogP contribution >= 0.6 is 0 Å². The molecule has 1 aliphatic heterocycles. The molecule has 5 nitrogen and oxygen atoms in total. The zero-order valence-electron chi connectivity index (χ0n) is 14.9. The molecule has 5 heteroatoms. The van der Waals surface area contributed by atoms with Crippen molar-refractivity contribution in [3.63, 3.8) is 0 Å². The van der Waals surface area contributed by atoms with Crippen LogP contribution in [0.5, 0.6) is 0 Å². The zero-order valence-corrected chi connectivity index (χ0v) is 14.9. The molecular weight excluding hydrogens is 276 g/mol. The smallest absolute Gasteiger partial charge is 0.236 e. The van der Waals surface area contributed by atoms with Crippen LogP contribution in [0.25, 0.3) is 0 Å². The van der Waals surface area contributed by atoms with Gasteiger partial charge in [0.15, 0.2) is 0 Å². The molecule has 2 unspecified atom stereocenters. The van der Waals surface area contributed by atoms with Crippen molar-refractivity contribution in [3.8, 4) is 0 Å². The molecule has 0 aliphatic carbocycles. The Morgan fingerprint density at radius 3 is 2.45 bits per heavy atom. The molecule has 1 aliphatic rings. The first kappa shape index (κ1) is 19.4. The SMILES string of the molecule is CCNC(CNC(CC1CCNCC1)C(=O)NC)CC(C)C. The third-order valence-electron chi connectivity index (χ3n) is 4.45. The second-order valence-corrected chi connectivity index (χ2v) is 6.89. The number of rotatable bonds is 10. The Balaban J connectivity index is 2.49.